The quantitative estimate of drug-likeness (QED) is 0.512. The van der Waals surface area contributed by atoms with E-state index in [9.17, 15) is 4.79 Å². The number of carbonyl (C=O) groups is 1. The maximum atomic E-state index is 12.2. The minimum Gasteiger partial charge on any atom is -0.318 e. The predicted octanol–water partition coefficient (Wildman–Crippen LogP) is 5.23. The van der Waals surface area contributed by atoms with E-state index >= 15 is 0 Å². The van der Waals surface area contributed by atoms with E-state index in [1.165, 1.54) is 16.7 Å². The molecule has 0 atom stereocenters. The number of likely N-dealkylation sites (N-methyl/N-ethyl adjacent to an activating group) is 1. The molecule has 0 spiro atoms. The van der Waals surface area contributed by atoms with E-state index in [0.717, 1.165) is 22.6 Å². The first-order valence-corrected chi connectivity index (χ1v) is 9.13. The zero-order valence-corrected chi connectivity index (χ0v) is 16.4. The van der Waals surface area contributed by atoms with Crippen molar-refractivity contribution in [1.82, 2.24) is 9.47 Å². The average molecular weight is 397 g/mol. The molecule has 1 fully saturated rings. The van der Waals surface area contributed by atoms with Crippen LogP contribution < -0.4 is 0 Å². The Morgan fingerprint density at radius 2 is 1.88 bits per heavy atom. The van der Waals surface area contributed by atoms with Crippen LogP contribution in [-0.2, 0) is 4.79 Å². The van der Waals surface area contributed by atoms with Crippen molar-refractivity contribution in [3.8, 4) is 5.69 Å². The smallest absolute Gasteiger partial charge is 0.265 e. The Morgan fingerprint density at radius 3 is 2.46 bits per heavy atom. The molecule has 2 heterocycles. The molecule has 1 aliphatic heterocycles. The lowest BCUT2D eigenvalue weighted by Gasteiger charge is -2.10. The second kappa shape index (κ2) is 6.56. The Kier molecular flexibility index (Phi) is 4.80. The molecule has 0 bridgehead atoms. The molecule has 1 aliphatic rings. The van der Waals surface area contributed by atoms with E-state index in [0.29, 0.717) is 19.3 Å². The van der Waals surface area contributed by atoms with Gasteiger partial charge in [0.2, 0.25) is 0 Å². The number of carbonyl (C=O) groups excluding carboxylic acids is 1. The number of halogens is 2. The third-order valence-corrected chi connectivity index (χ3v) is 6.13. The Morgan fingerprint density at radius 1 is 1.17 bits per heavy atom. The normalized spacial score (nSPS) is 16.5. The first kappa shape index (κ1) is 17.5. The summed E-state index contributed by atoms with van der Waals surface area (Å²) in [5, 5.41) is 1.03. The van der Waals surface area contributed by atoms with Crippen molar-refractivity contribution in [2.24, 2.45) is 0 Å². The zero-order chi connectivity index (χ0) is 17.6. The van der Waals surface area contributed by atoms with Crippen molar-refractivity contribution in [1.29, 1.82) is 0 Å². The number of aromatic nitrogens is 1. The van der Waals surface area contributed by atoms with E-state index in [-0.39, 0.29) is 5.91 Å². The summed E-state index contributed by atoms with van der Waals surface area (Å²) < 4.78 is 2.66. The van der Waals surface area contributed by atoms with Crippen molar-refractivity contribution in [3.05, 3.63) is 56.2 Å². The molecule has 0 aliphatic carbocycles. The van der Waals surface area contributed by atoms with Gasteiger partial charge in [0.25, 0.3) is 5.91 Å². The zero-order valence-electron chi connectivity index (χ0n) is 13.3. The van der Waals surface area contributed by atoms with Crippen LogP contribution in [0.1, 0.15) is 17.0 Å². The fourth-order valence-electron chi connectivity index (χ4n) is 2.64. The monoisotopic (exact) mass is 396 g/mol. The van der Waals surface area contributed by atoms with Gasteiger partial charge in [-0.05, 0) is 49.8 Å². The molecular formula is C17H14Cl2N2OS2. The summed E-state index contributed by atoms with van der Waals surface area (Å²) in [6, 6.07) is 7.57. The number of thioether (sulfide) groups is 1. The van der Waals surface area contributed by atoms with E-state index in [2.05, 4.69) is 4.57 Å². The van der Waals surface area contributed by atoms with Gasteiger partial charge in [-0.15, -0.1) is 0 Å². The first-order chi connectivity index (χ1) is 11.3. The summed E-state index contributed by atoms with van der Waals surface area (Å²) in [7, 11) is 1.69. The number of thiocarbonyl (C=S) groups is 1. The number of hydrogen-bond acceptors (Lipinski definition) is 3. The Hall–Kier alpha value is -1.27. The number of aryl methyl sites for hydroxylation is 1. The predicted molar refractivity (Wildman–Crippen MR) is 106 cm³/mol. The van der Waals surface area contributed by atoms with Crippen molar-refractivity contribution in [2.75, 3.05) is 7.05 Å². The highest BCUT2D eigenvalue weighted by molar-refractivity contribution is 8.26. The maximum absolute atomic E-state index is 12.2. The summed E-state index contributed by atoms with van der Waals surface area (Å²) in [6.45, 7) is 4.02. The van der Waals surface area contributed by atoms with Crippen molar-refractivity contribution >= 4 is 63.5 Å². The van der Waals surface area contributed by atoms with Gasteiger partial charge in [0.05, 0.1) is 15.0 Å². The molecule has 0 radical (unpaired) electrons. The van der Waals surface area contributed by atoms with Gasteiger partial charge < -0.3 is 4.57 Å². The number of rotatable bonds is 2. The second-order valence-corrected chi connectivity index (χ2v) is 7.99. The maximum Gasteiger partial charge on any atom is 0.265 e. The second-order valence-electron chi connectivity index (χ2n) is 5.50. The summed E-state index contributed by atoms with van der Waals surface area (Å²) >= 11 is 18.6. The number of nitrogens with zero attached hydrogens (tertiary/aromatic N) is 2. The van der Waals surface area contributed by atoms with Crippen molar-refractivity contribution < 1.29 is 4.79 Å². The number of benzene rings is 1. The molecule has 1 amide bonds. The molecule has 3 rings (SSSR count). The van der Waals surface area contributed by atoms with Gasteiger partial charge in [-0.1, -0.05) is 47.2 Å². The molecule has 1 saturated heterocycles. The van der Waals surface area contributed by atoms with Crippen LogP contribution in [0.3, 0.4) is 0 Å². The molecule has 0 unspecified atom stereocenters. The van der Waals surface area contributed by atoms with Gasteiger partial charge in [0, 0.05) is 24.1 Å². The molecule has 3 nitrogen and oxygen atoms in total. The standard InChI is InChI=1S/C17H14Cl2N2OS2/c1-9-6-11(7-15-16(22)20(3)17(23)24-15)10(2)21(9)12-4-5-13(18)14(19)8-12/h4-8H,1-3H3. The summed E-state index contributed by atoms with van der Waals surface area (Å²) in [6.07, 6.45) is 1.89. The van der Waals surface area contributed by atoms with Crippen LogP contribution in [0.5, 0.6) is 0 Å². The van der Waals surface area contributed by atoms with Crippen LogP contribution in [0.2, 0.25) is 10.0 Å². The molecule has 1 aromatic heterocycles. The Bertz CT molecular complexity index is 902. The highest BCUT2D eigenvalue weighted by Gasteiger charge is 2.29. The fraction of sp³-hybridized carbons (Fsp3) is 0.176. The van der Waals surface area contributed by atoms with E-state index in [1.807, 2.05) is 38.1 Å². The van der Waals surface area contributed by atoms with E-state index in [4.69, 9.17) is 35.4 Å². The van der Waals surface area contributed by atoms with Gasteiger partial charge in [-0.25, -0.2) is 0 Å². The SMILES string of the molecule is Cc1cc(C=C2SC(=S)N(C)C2=O)c(C)n1-c1ccc(Cl)c(Cl)c1. The summed E-state index contributed by atoms with van der Waals surface area (Å²) in [5.41, 5.74) is 3.98. The Labute approximate surface area is 160 Å². The molecule has 124 valence electrons. The van der Waals surface area contributed by atoms with Crippen LogP contribution in [0.25, 0.3) is 11.8 Å². The number of hydrogen-bond donors (Lipinski definition) is 0. The largest absolute Gasteiger partial charge is 0.318 e. The fourth-order valence-corrected chi connectivity index (χ4v) is 4.10. The summed E-state index contributed by atoms with van der Waals surface area (Å²) in [5.74, 6) is -0.0654. The van der Waals surface area contributed by atoms with Crippen LogP contribution in [0.15, 0.2) is 29.2 Å². The third kappa shape index (κ3) is 3.02. The molecule has 2 aromatic rings. The van der Waals surface area contributed by atoms with Gasteiger partial charge in [0.1, 0.15) is 4.32 Å². The third-order valence-electron chi connectivity index (χ3n) is 3.90. The van der Waals surface area contributed by atoms with Crippen LogP contribution in [-0.4, -0.2) is 26.7 Å². The minimum absolute atomic E-state index is 0.0654. The topological polar surface area (TPSA) is 25.2 Å². The lowest BCUT2D eigenvalue weighted by molar-refractivity contribution is -0.121. The highest BCUT2D eigenvalue weighted by Crippen LogP contribution is 2.33. The van der Waals surface area contributed by atoms with Gasteiger partial charge in [0.15, 0.2) is 0 Å². The molecule has 1 aromatic carbocycles. The van der Waals surface area contributed by atoms with E-state index < -0.39 is 0 Å². The lowest BCUT2D eigenvalue weighted by Crippen LogP contribution is -2.22. The van der Waals surface area contributed by atoms with Crippen molar-refractivity contribution in [2.45, 2.75) is 13.8 Å². The molecule has 7 heteroatoms. The first-order valence-electron chi connectivity index (χ1n) is 7.15. The van der Waals surface area contributed by atoms with Gasteiger partial charge in [-0.2, -0.15) is 0 Å². The van der Waals surface area contributed by atoms with Gasteiger partial charge in [-0.3, -0.25) is 9.69 Å². The lowest BCUT2D eigenvalue weighted by atomic mass is 10.2. The Balaban J connectivity index is 2.06. The van der Waals surface area contributed by atoms with Crippen molar-refractivity contribution in [3.63, 3.8) is 0 Å². The van der Waals surface area contributed by atoms with Crippen LogP contribution in [0, 0.1) is 13.8 Å². The minimum atomic E-state index is -0.0654. The molecule has 0 saturated carbocycles. The number of amides is 1. The van der Waals surface area contributed by atoms with Crippen LogP contribution in [0.4, 0.5) is 0 Å². The molecular weight excluding hydrogens is 383 g/mol. The molecule has 0 N–H and O–H groups in total. The molecule has 24 heavy (non-hydrogen) atoms. The summed E-state index contributed by atoms with van der Waals surface area (Å²) in [4.78, 5) is 14.3. The highest BCUT2D eigenvalue weighted by atomic mass is 35.5. The van der Waals surface area contributed by atoms with Gasteiger partial charge >= 0.3 is 0 Å². The average Bonchev–Trinajstić information content (AvgIpc) is 2.94. The van der Waals surface area contributed by atoms with E-state index in [1.54, 1.807) is 13.1 Å². The van der Waals surface area contributed by atoms with Crippen LogP contribution >= 0.6 is 47.2 Å².